The molecule has 2 rings (SSSR count). The second kappa shape index (κ2) is 6.74. The van der Waals surface area contributed by atoms with Crippen molar-refractivity contribution in [2.75, 3.05) is 12.4 Å². The Labute approximate surface area is 122 Å². The summed E-state index contributed by atoms with van der Waals surface area (Å²) >= 11 is 0. The molecule has 0 aromatic heterocycles. The Bertz CT molecular complexity index is 630. The fourth-order valence-electron chi connectivity index (χ4n) is 1.73. The molecule has 0 bridgehead atoms. The highest BCUT2D eigenvalue weighted by Gasteiger charge is 2.16. The van der Waals surface area contributed by atoms with Crippen molar-refractivity contribution in [3.8, 4) is 11.5 Å². The van der Waals surface area contributed by atoms with Gasteiger partial charge in [0.15, 0.2) is 6.10 Å². The van der Waals surface area contributed by atoms with Gasteiger partial charge in [0.2, 0.25) is 0 Å². The van der Waals surface area contributed by atoms with Crippen LogP contribution in [0.2, 0.25) is 0 Å². The quantitative estimate of drug-likeness (QED) is 0.919. The first-order valence-corrected chi connectivity index (χ1v) is 6.46. The summed E-state index contributed by atoms with van der Waals surface area (Å²) in [4.78, 5) is 12.0. The van der Waals surface area contributed by atoms with E-state index in [-0.39, 0.29) is 5.69 Å². The second-order valence-corrected chi connectivity index (χ2v) is 4.41. The Morgan fingerprint density at radius 3 is 2.57 bits per heavy atom. The summed E-state index contributed by atoms with van der Waals surface area (Å²) in [5.74, 6) is 0.224. The standard InChI is InChI=1S/C16H16FNO3/c1-11(21-13-7-5-6-12(10-13)20-2)16(19)18-15-9-4-3-8-14(15)17/h3-11H,1-2H3,(H,18,19)/t11-/m0/s1. The zero-order chi connectivity index (χ0) is 15.2. The summed E-state index contributed by atoms with van der Waals surface area (Å²) < 4.78 is 24.1. The predicted octanol–water partition coefficient (Wildman–Crippen LogP) is 3.24. The Balaban J connectivity index is 2.01. The van der Waals surface area contributed by atoms with Crippen molar-refractivity contribution in [1.29, 1.82) is 0 Å². The smallest absolute Gasteiger partial charge is 0.265 e. The van der Waals surface area contributed by atoms with Crippen molar-refractivity contribution in [2.24, 2.45) is 0 Å². The number of para-hydroxylation sites is 1. The Kier molecular flexibility index (Phi) is 4.77. The van der Waals surface area contributed by atoms with Crippen LogP contribution in [0.15, 0.2) is 48.5 Å². The van der Waals surface area contributed by atoms with Gasteiger partial charge in [0, 0.05) is 6.07 Å². The van der Waals surface area contributed by atoms with Gasteiger partial charge in [-0.15, -0.1) is 0 Å². The molecule has 110 valence electrons. The predicted molar refractivity (Wildman–Crippen MR) is 78.1 cm³/mol. The topological polar surface area (TPSA) is 47.6 Å². The summed E-state index contributed by atoms with van der Waals surface area (Å²) in [5, 5.41) is 2.49. The van der Waals surface area contributed by atoms with Gasteiger partial charge in [-0.05, 0) is 31.2 Å². The number of amides is 1. The molecule has 4 nitrogen and oxygen atoms in total. The number of carbonyl (C=O) groups is 1. The van der Waals surface area contributed by atoms with Gasteiger partial charge in [-0.3, -0.25) is 4.79 Å². The van der Waals surface area contributed by atoms with Crippen LogP contribution in [0.25, 0.3) is 0 Å². The van der Waals surface area contributed by atoms with Gasteiger partial charge < -0.3 is 14.8 Å². The van der Waals surface area contributed by atoms with Crippen LogP contribution in [0.1, 0.15) is 6.92 Å². The molecule has 0 saturated carbocycles. The molecule has 0 aliphatic heterocycles. The first kappa shape index (κ1) is 14.8. The fraction of sp³-hybridized carbons (Fsp3) is 0.188. The number of hydrogen-bond acceptors (Lipinski definition) is 3. The third-order valence-corrected chi connectivity index (χ3v) is 2.86. The van der Waals surface area contributed by atoms with E-state index in [1.54, 1.807) is 50.4 Å². The van der Waals surface area contributed by atoms with Crippen molar-refractivity contribution < 1.29 is 18.7 Å². The minimum Gasteiger partial charge on any atom is -0.497 e. The van der Waals surface area contributed by atoms with E-state index in [0.717, 1.165) is 0 Å². The molecule has 1 amide bonds. The first-order valence-electron chi connectivity index (χ1n) is 6.46. The molecule has 1 atom stereocenters. The van der Waals surface area contributed by atoms with Gasteiger partial charge in [0.1, 0.15) is 17.3 Å². The van der Waals surface area contributed by atoms with Crippen molar-refractivity contribution in [3.05, 3.63) is 54.3 Å². The molecule has 2 aromatic carbocycles. The lowest BCUT2D eigenvalue weighted by molar-refractivity contribution is -0.122. The van der Waals surface area contributed by atoms with Crippen molar-refractivity contribution in [3.63, 3.8) is 0 Å². The Morgan fingerprint density at radius 2 is 1.86 bits per heavy atom. The zero-order valence-corrected chi connectivity index (χ0v) is 11.8. The van der Waals surface area contributed by atoms with Crippen LogP contribution in [-0.2, 0) is 4.79 Å². The van der Waals surface area contributed by atoms with E-state index < -0.39 is 17.8 Å². The SMILES string of the molecule is COc1cccc(O[C@@H](C)C(=O)Nc2ccccc2F)c1. The van der Waals surface area contributed by atoms with Crippen LogP contribution in [0, 0.1) is 5.82 Å². The van der Waals surface area contributed by atoms with E-state index in [1.165, 1.54) is 12.1 Å². The first-order chi connectivity index (χ1) is 10.1. The van der Waals surface area contributed by atoms with Crippen LogP contribution < -0.4 is 14.8 Å². The largest absolute Gasteiger partial charge is 0.497 e. The molecule has 0 fully saturated rings. The van der Waals surface area contributed by atoms with Gasteiger partial charge in [-0.1, -0.05) is 18.2 Å². The molecule has 5 heteroatoms. The van der Waals surface area contributed by atoms with Gasteiger partial charge >= 0.3 is 0 Å². The second-order valence-electron chi connectivity index (χ2n) is 4.41. The van der Waals surface area contributed by atoms with Gasteiger partial charge in [0.05, 0.1) is 12.8 Å². The van der Waals surface area contributed by atoms with E-state index >= 15 is 0 Å². The van der Waals surface area contributed by atoms with E-state index in [1.807, 2.05) is 0 Å². The Morgan fingerprint density at radius 1 is 1.14 bits per heavy atom. The number of rotatable bonds is 5. The van der Waals surface area contributed by atoms with E-state index in [9.17, 15) is 9.18 Å². The lowest BCUT2D eigenvalue weighted by atomic mass is 10.2. The molecule has 2 aromatic rings. The highest BCUT2D eigenvalue weighted by molar-refractivity contribution is 5.94. The number of hydrogen-bond donors (Lipinski definition) is 1. The molecule has 0 aliphatic carbocycles. The average molecular weight is 289 g/mol. The highest BCUT2D eigenvalue weighted by atomic mass is 19.1. The molecule has 21 heavy (non-hydrogen) atoms. The summed E-state index contributed by atoms with van der Waals surface area (Å²) in [5.41, 5.74) is 0.128. The summed E-state index contributed by atoms with van der Waals surface area (Å²) in [7, 11) is 1.55. The maximum atomic E-state index is 13.5. The number of methoxy groups -OCH3 is 1. The van der Waals surface area contributed by atoms with Crippen LogP contribution in [-0.4, -0.2) is 19.1 Å². The van der Waals surface area contributed by atoms with E-state index in [0.29, 0.717) is 11.5 Å². The summed E-state index contributed by atoms with van der Waals surface area (Å²) in [6, 6.07) is 12.9. The summed E-state index contributed by atoms with van der Waals surface area (Å²) in [6.45, 7) is 1.59. The number of anilines is 1. The monoisotopic (exact) mass is 289 g/mol. The fourth-order valence-corrected chi connectivity index (χ4v) is 1.73. The highest BCUT2D eigenvalue weighted by Crippen LogP contribution is 2.20. The van der Waals surface area contributed by atoms with Crippen molar-refractivity contribution >= 4 is 11.6 Å². The van der Waals surface area contributed by atoms with Crippen molar-refractivity contribution in [2.45, 2.75) is 13.0 Å². The lowest BCUT2D eigenvalue weighted by Crippen LogP contribution is -2.30. The van der Waals surface area contributed by atoms with E-state index in [2.05, 4.69) is 5.32 Å². The number of halogens is 1. The molecular formula is C16H16FNO3. The zero-order valence-electron chi connectivity index (χ0n) is 11.8. The molecular weight excluding hydrogens is 273 g/mol. The molecule has 0 radical (unpaired) electrons. The maximum absolute atomic E-state index is 13.5. The van der Waals surface area contributed by atoms with Crippen LogP contribution in [0.3, 0.4) is 0 Å². The Hall–Kier alpha value is -2.56. The molecule has 0 aliphatic rings. The third-order valence-electron chi connectivity index (χ3n) is 2.86. The minimum atomic E-state index is -0.767. The van der Waals surface area contributed by atoms with Gasteiger partial charge in [-0.25, -0.2) is 4.39 Å². The maximum Gasteiger partial charge on any atom is 0.265 e. The summed E-state index contributed by atoms with van der Waals surface area (Å²) in [6.07, 6.45) is -0.767. The van der Waals surface area contributed by atoms with Gasteiger partial charge in [0.25, 0.3) is 5.91 Å². The van der Waals surface area contributed by atoms with Crippen LogP contribution >= 0.6 is 0 Å². The normalized spacial score (nSPS) is 11.6. The minimum absolute atomic E-state index is 0.128. The number of ether oxygens (including phenoxy) is 2. The van der Waals surface area contributed by atoms with E-state index in [4.69, 9.17) is 9.47 Å². The van der Waals surface area contributed by atoms with Crippen LogP contribution in [0.5, 0.6) is 11.5 Å². The molecule has 0 heterocycles. The van der Waals surface area contributed by atoms with Crippen molar-refractivity contribution in [1.82, 2.24) is 0 Å². The van der Waals surface area contributed by atoms with Gasteiger partial charge in [-0.2, -0.15) is 0 Å². The third kappa shape index (κ3) is 3.95. The average Bonchev–Trinajstić information content (AvgIpc) is 2.49. The molecule has 0 unspecified atom stereocenters. The number of nitrogens with one attached hydrogen (secondary N) is 1. The lowest BCUT2D eigenvalue weighted by Gasteiger charge is -2.15. The molecule has 0 spiro atoms. The molecule has 0 saturated heterocycles. The number of carbonyl (C=O) groups excluding carboxylic acids is 1. The number of benzene rings is 2. The van der Waals surface area contributed by atoms with Crippen LogP contribution in [0.4, 0.5) is 10.1 Å². The molecule has 1 N–H and O–H groups in total.